The molecule has 0 aromatic heterocycles. The van der Waals surface area contributed by atoms with Crippen molar-refractivity contribution >= 4 is 27.6 Å². The Morgan fingerprint density at radius 2 is 2.10 bits per heavy atom. The molecule has 7 nitrogen and oxygen atoms in total. The molecule has 1 aliphatic heterocycles. The van der Waals surface area contributed by atoms with E-state index in [1.165, 1.54) is 32.0 Å². The van der Waals surface area contributed by atoms with E-state index in [0.717, 1.165) is 0 Å². The number of carbonyl (C=O) groups excluding carboxylic acids is 1. The molecule has 0 atom stereocenters. The number of rotatable bonds is 5. The third-order valence-corrected chi connectivity index (χ3v) is 4.71. The average molecular weight is 312 g/mol. The number of hydrogen-bond acceptors (Lipinski definition) is 4. The first-order valence-corrected chi connectivity index (χ1v) is 7.76. The molecule has 0 radical (unpaired) electrons. The molecule has 3 N–H and O–H groups in total. The highest BCUT2D eigenvalue weighted by molar-refractivity contribution is 7.89. The Morgan fingerprint density at radius 3 is 2.71 bits per heavy atom. The van der Waals surface area contributed by atoms with Crippen molar-refractivity contribution in [3.05, 3.63) is 23.8 Å². The number of amides is 1. The fraction of sp³-hybridized carbons (Fsp3) is 0.385. The van der Waals surface area contributed by atoms with Crippen molar-refractivity contribution in [3.8, 4) is 0 Å². The number of carboxylic acid groups (broad SMARTS) is 1. The predicted molar refractivity (Wildman–Crippen MR) is 75.4 cm³/mol. The van der Waals surface area contributed by atoms with Crippen molar-refractivity contribution in [1.29, 1.82) is 0 Å². The average Bonchev–Trinajstić information content (AvgIpc) is 2.64. The summed E-state index contributed by atoms with van der Waals surface area (Å²) in [5.41, 5.74) is 0.0975. The van der Waals surface area contributed by atoms with Gasteiger partial charge >= 0.3 is 5.97 Å². The molecule has 8 heteroatoms. The third-order valence-electron chi connectivity index (χ3n) is 3.02. The van der Waals surface area contributed by atoms with Crippen molar-refractivity contribution in [3.63, 3.8) is 0 Å². The lowest BCUT2D eigenvalue weighted by molar-refractivity contribution is -0.138. The summed E-state index contributed by atoms with van der Waals surface area (Å²) in [7, 11) is -3.86. The molecule has 0 saturated heterocycles. The summed E-state index contributed by atoms with van der Waals surface area (Å²) in [6.45, 7) is 2.99. The van der Waals surface area contributed by atoms with E-state index >= 15 is 0 Å². The first-order valence-electron chi connectivity index (χ1n) is 6.28. The fourth-order valence-corrected chi connectivity index (χ4v) is 3.67. The second-order valence-electron chi connectivity index (χ2n) is 5.60. The Labute approximate surface area is 122 Å². The zero-order valence-corrected chi connectivity index (χ0v) is 12.5. The first kappa shape index (κ1) is 15.5. The summed E-state index contributed by atoms with van der Waals surface area (Å²) in [5.74, 6) is -1.27. The van der Waals surface area contributed by atoms with E-state index in [1.807, 2.05) is 0 Å². The summed E-state index contributed by atoms with van der Waals surface area (Å²) in [6.07, 6.45) is -0.200. The van der Waals surface area contributed by atoms with E-state index in [-0.39, 0.29) is 23.6 Å². The van der Waals surface area contributed by atoms with Gasteiger partial charge in [-0.2, -0.15) is 0 Å². The fourth-order valence-electron chi connectivity index (χ4n) is 2.21. The maximum absolute atomic E-state index is 12.3. The Hall–Kier alpha value is -1.93. The van der Waals surface area contributed by atoms with Crippen LogP contribution in [0.15, 0.2) is 23.1 Å². The minimum absolute atomic E-state index is 0.0104. The molecule has 0 spiro atoms. The maximum Gasteiger partial charge on any atom is 0.305 e. The standard InChI is InChI=1S/C13H16N2O5S/c1-13(2,7-12(17)18)15-21(19,20)9-3-4-10-8(5-9)6-11(16)14-10/h3-5,15H,6-7H2,1-2H3,(H,14,16)(H,17,18). The Balaban J connectivity index is 2.27. The summed E-state index contributed by atoms with van der Waals surface area (Å²) >= 11 is 0. The minimum Gasteiger partial charge on any atom is -0.481 e. The monoisotopic (exact) mass is 312 g/mol. The van der Waals surface area contributed by atoms with Crippen LogP contribution in [0.5, 0.6) is 0 Å². The topological polar surface area (TPSA) is 113 Å². The van der Waals surface area contributed by atoms with Crippen LogP contribution in [0.4, 0.5) is 5.69 Å². The lowest BCUT2D eigenvalue weighted by Gasteiger charge is -2.24. The highest BCUT2D eigenvalue weighted by atomic mass is 32.2. The summed E-state index contributed by atoms with van der Waals surface area (Å²) in [5, 5.41) is 11.4. The molecular weight excluding hydrogens is 296 g/mol. The maximum atomic E-state index is 12.3. The molecule has 0 fully saturated rings. The van der Waals surface area contributed by atoms with E-state index in [9.17, 15) is 18.0 Å². The van der Waals surface area contributed by atoms with E-state index < -0.39 is 21.5 Å². The molecule has 21 heavy (non-hydrogen) atoms. The van der Waals surface area contributed by atoms with Gasteiger partial charge in [0.15, 0.2) is 0 Å². The number of carboxylic acids is 1. The van der Waals surface area contributed by atoms with E-state index in [2.05, 4.69) is 10.0 Å². The Morgan fingerprint density at radius 1 is 1.43 bits per heavy atom. The van der Waals surface area contributed by atoms with Crippen LogP contribution in [-0.4, -0.2) is 30.9 Å². The van der Waals surface area contributed by atoms with Crippen LogP contribution in [0.25, 0.3) is 0 Å². The largest absolute Gasteiger partial charge is 0.481 e. The van der Waals surface area contributed by atoms with Crippen molar-refractivity contribution in [2.75, 3.05) is 5.32 Å². The number of aliphatic carboxylic acids is 1. The van der Waals surface area contributed by atoms with Crippen LogP contribution in [0.2, 0.25) is 0 Å². The molecule has 1 amide bonds. The van der Waals surface area contributed by atoms with Gasteiger partial charge in [0.2, 0.25) is 15.9 Å². The molecule has 0 unspecified atom stereocenters. The Bertz CT molecular complexity index is 709. The van der Waals surface area contributed by atoms with Gasteiger partial charge in [-0.05, 0) is 37.6 Å². The minimum atomic E-state index is -3.86. The lowest BCUT2D eigenvalue weighted by Crippen LogP contribution is -2.44. The number of anilines is 1. The van der Waals surface area contributed by atoms with Crippen molar-refractivity contribution < 1.29 is 23.1 Å². The summed E-state index contributed by atoms with van der Waals surface area (Å²) in [4.78, 5) is 22.0. The quantitative estimate of drug-likeness (QED) is 0.741. The van der Waals surface area contributed by atoms with Gasteiger partial charge < -0.3 is 10.4 Å². The predicted octanol–water partition coefficient (Wildman–Crippen LogP) is 0.713. The number of carbonyl (C=O) groups is 2. The van der Waals surface area contributed by atoms with E-state index in [0.29, 0.717) is 11.3 Å². The van der Waals surface area contributed by atoms with Crippen molar-refractivity contribution in [1.82, 2.24) is 4.72 Å². The number of benzene rings is 1. The van der Waals surface area contributed by atoms with Crippen LogP contribution in [-0.2, 0) is 26.0 Å². The number of nitrogens with one attached hydrogen (secondary N) is 2. The molecule has 1 aromatic rings. The molecule has 1 aromatic carbocycles. The summed E-state index contributed by atoms with van der Waals surface area (Å²) in [6, 6.07) is 4.33. The van der Waals surface area contributed by atoms with Gasteiger partial charge in [-0.3, -0.25) is 9.59 Å². The lowest BCUT2D eigenvalue weighted by atomic mass is 10.0. The van der Waals surface area contributed by atoms with Crippen LogP contribution < -0.4 is 10.0 Å². The molecule has 0 aliphatic carbocycles. The van der Waals surface area contributed by atoms with E-state index in [1.54, 1.807) is 0 Å². The van der Waals surface area contributed by atoms with Crippen LogP contribution >= 0.6 is 0 Å². The van der Waals surface area contributed by atoms with Crippen molar-refractivity contribution in [2.24, 2.45) is 0 Å². The molecule has 1 aliphatic rings. The van der Waals surface area contributed by atoms with Gasteiger partial charge in [-0.15, -0.1) is 0 Å². The molecule has 1 heterocycles. The van der Waals surface area contributed by atoms with E-state index in [4.69, 9.17) is 5.11 Å². The first-order chi connectivity index (χ1) is 9.59. The highest BCUT2D eigenvalue weighted by Gasteiger charge is 2.29. The van der Waals surface area contributed by atoms with Crippen LogP contribution in [0.1, 0.15) is 25.8 Å². The molecule has 2 rings (SSSR count). The second kappa shape index (κ2) is 5.12. The second-order valence-corrected chi connectivity index (χ2v) is 7.29. The smallest absolute Gasteiger partial charge is 0.305 e. The Kier molecular flexibility index (Phi) is 3.77. The van der Waals surface area contributed by atoms with Crippen LogP contribution in [0, 0.1) is 0 Å². The SMILES string of the molecule is CC(C)(CC(=O)O)NS(=O)(=O)c1ccc2c(c1)CC(=O)N2. The van der Waals surface area contributed by atoms with Gasteiger partial charge in [0.1, 0.15) is 0 Å². The molecular formula is C13H16N2O5S. The van der Waals surface area contributed by atoms with Gasteiger partial charge in [-0.25, -0.2) is 13.1 Å². The summed E-state index contributed by atoms with van der Waals surface area (Å²) < 4.78 is 27.0. The zero-order valence-electron chi connectivity index (χ0n) is 11.6. The molecule has 0 bridgehead atoms. The number of sulfonamides is 1. The number of fused-ring (bicyclic) bond motifs is 1. The van der Waals surface area contributed by atoms with Gasteiger partial charge in [0.25, 0.3) is 0 Å². The number of hydrogen-bond donors (Lipinski definition) is 3. The normalized spacial score (nSPS) is 14.7. The third kappa shape index (κ3) is 3.59. The zero-order chi connectivity index (χ0) is 15.8. The van der Waals surface area contributed by atoms with Crippen molar-refractivity contribution in [2.45, 2.75) is 37.1 Å². The van der Waals surface area contributed by atoms with Gasteiger partial charge in [-0.1, -0.05) is 0 Å². The van der Waals surface area contributed by atoms with Gasteiger partial charge in [0, 0.05) is 11.2 Å². The van der Waals surface area contributed by atoms with Gasteiger partial charge in [0.05, 0.1) is 17.7 Å². The molecule has 114 valence electrons. The molecule has 0 saturated carbocycles. The highest BCUT2D eigenvalue weighted by Crippen LogP contribution is 2.26. The van der Waals surface area contributed by atoms with Crippen LogP contribution in [0.3, 0.4) is 0 Å².